The summed E-state index contributed by atoms with van der Waals surface area (Å²) in [5.41, 5.74) is 0.793. The molecule has 0 aliphatic heterocycles. The van der Waals surface area contributed by atoms with Crippen LogP contribution in [0.4, 0.5) is 10.5 Å². The second-order valence-corrected chi connectivity index (χ2v) is 4.12. The molecule has 2 aromatic rings. The van der Waals surface area contributed by atoms with Gasteiger partial charge >= 0.3 is 12.1 Å². The van der Waals surface area contributed by atoms with Gasteiger partial charge in [0.25, 0.3) is 0 Å². The van der Waals surface area contributed by atoms with Gasteiger partial charge in [-0.05, 0) is 12.1 Å². The number of nitrogens with zero attached hydrogens (tertiary/aromatic N) is 1. The van der Waals surface area contributed by atoms with Crippen molar-refractivity contribution in [1.82, 2.24) is 4.98 Å². The maximum Gasteiger partial charge on any atom is 0.409 e. The Hall–Kier alpha value is -2.15. The number of nitrogens with one attached hydrogen (secondary N) is 1. The molecule has 0 atom stereocenters. The van der Waals surface area contributed by atoms with Gasteiger partial charge in [-0.25, -0.2) is 14.6 Å². The van der Waals surface area contributed by atoms with Crippen LogP contribution >= 0.6 is 11.3 Å². The van der Waals surface area contributed by atoms with Gasteiger partial charge in [-0.2, -0.15) is 0 Å². The zero-order valence-electron chi connectivity index (χ0n) is 8.76. The first-order chi connectivity index (χ1) is 8.11. The Morgan fingerprint density at radius 2 is 2.24 bits per heavy atom. The summed E-state index contributed by atoms with van der Waals surface area (Å²) in [7, 11) is 1.27. The number of amides is 1. The maximum absolute atomic E-state index is 11.3. The lowest BCUT2D eigenvalue weighted by molar-refractivity contribution is 0.0600. The summed E-state index contributed by atoms with van der Waals surface area (Å²) in [4.78, 5) is 25.9. The van der Waals surface area contributed by atoms with Gasteiger partial charge in [0.2, 0.25) is 5.01 Å². The third-order valence-corrected chi connectivity index (χ3v) is 3.02. The molecular formula is C10H8N2O4S. The molecule has 0 aliphatic rings. The van der Waals surface area contributed by atoms with E-state index in [-0.39, 0.29) is 5.01 Å². The summed E-state index contributed by atoms with van der Waals surface area (Å²) in [6.07, 6.45) is -1.18. The topological polar surface area (TPSA) is 88.5 Å². The van der Waals surface area contributed by atoms with Crippen molar-refractivity contribution in [3.05, 3.63) is 23.2 Å². The number of hydrogen-bond donors (Lipinski definition) is 2. The zero-order valence-corrected chi connectivity index (χ0v) is 9.58. The van der Waals surface area contributed by atoms with E-state index >= 15 is 0 Å². The number of para-hydroxylation sites is 1. The molecule has 88 valence electrons. The Morgan fingerprint density at radius 3 is 2.88 bits per heavy atom. The zero-order chi connectivity index (χ0) is 12.4. The van der Waals surface area contributed by atoms with Crippen molar-refractivity contribution in [3.63, 3.8) is 0 Å². The number of ether oxygens (including phenoxy) is 1. The van der Waals surface area contributed by atoms with Crippen molar-refractivity contribution in [2.75, 3.05) is 12.4 Å². The smallest absolute Gasteiger partial charge is 0.409 e. The molecule has 6 nitrogen and oxygen atoms in total. The summed E-state index contributed by atoms with van der Waals surface area (Å²) >= 11 is 1.15. The minimum atomic E-state index is -1.18. The van der Waals surface area contributed by atoms with Crippen LogP contribution in [0, 0.1) is 0 Å². The molecule has 17 heavy (non-hydrogen) atoms. The molecule has 0 unspecified atom stereocenters. The monoisotopic (exact) mass is 252 g/mol. The third kappa shape index (κ3) is 2.18. The molecule has 0 bridgehead atoms. The van der Waals surface area contributed by atoms with Crippen molar-refractivity contribution < 1.29 is 19.4 Å². The summed E-state index contributed by atoms with van der Waals surface area (Å²) in [6.45, 7) is 0. The van der Waals surface area contributed by atoms with E-state index in [0.717, 1.165) is 16.0 Å². The highest BCUT2D eigenvalue weighted by Gasteiger charge is 2.15. The molecule has 2 rings (SSSR count). The standard InChI is InChI=1S/C10H8N2O4S/c1-16-9(13)8-12-7-5(11-10(14)15)3-2-4-6(7)17-8/h2-4,11H,1H3,(H,14,15). The fourth-order valence-corrected chi connectivity index (χ4v) is 2.25. The molecule has 1 aromatic carbocycles. The first kappa shape index (κ1) is 11.3. The molecule has 1 amide bonds. The highest BCUT2D eigenvalue weighted by atomic mass is 32.1. The largest absolute Gasteiger partial charge is 0.465 e. The number of carboxylic acid groups (broad SMARTS) is 1. The molecule has 1 heterocycles. The molecule has 2 N–H and O–H groups in total. The fraction of sp³-hybridized carbons (Fsp3) is 0.100. The van der Waals surface area contributed by atoms with Crippen LogP contribution in [-0.4, -0.2) is 29.3 Å². The van der Waals surface area contributed by atoms with E-state index in [1.54, 1.807) is 18.2 Å². The van der Waals surface area contributed by atoms with Gasteiger partial charge in [-0.3, -0.25) is 5.32 Å². The Bertz CT molecular complexity index is 593. The molecule has 0 saturated heterocycles. The van der Waals surface area contributed by atoms with Gasteiger partial charge in [-0.15, -0.1) is 11.3 Å². The Kier molecular flexibility index (Phi) is 2.92. The lowest BCUT2D eigenvalue weighted by Gasteiger charge is -2.00. The van der Waals surface area contributed by atoms with E-state index in [1.165, 1.54) is 7.11 Å². The van der Waals surface area contributed by atoms with Crippen LogP contribution in [0.25, 0.3) is 10.2 Å². The Labute approximate surface area is 99.8 Å². The summed E-state index contributed by atoms with van der Waals surface area (Å²) in [6, 6.07) is 5.02. The van der Waals surface area contributed by atoms with Crippen molar-refractivity contribution in [1.29, 1.82) is 0 Å². The van der Waals surface area contributed by atoms with Crippen LogP contribution in [0.3, 0.4) is 0 Å². The third-order valence-electron chi connectivity index (χ3n) is 2.02. The van der Waals surface area contributed by atoms with Crippen LogP contribution in [0.5, 0.6) is 0 Å². The van der Waals surface area contributed by atoms with Crippen LogP contribution < -0.4 is 5.32 Å². The van der Waals surface area contributed by atoms with E-state index in [4.69, 9.17) is 5.11 Å². The SMILES string of the molecule is COC(=O)c1nc2c(NC(=O)O)cccc2s1. The number of thiazole rings is 1. The first-order valence-corrected chi connectivity index (χ1v) is 5.41. The lowest BCUT2D eigenvalue weighted by atomic mass is 10.3. The first-order valence-electron chi connectivity index (χ1n) is 4.59. The van der Waals surface area contributed by atoms with E-state index in [2.05, 4.69) is 15.0 Å². The van der Waals surface area contributed by atoms with Gasteiger partial charge in [0.1, 0.15) is 5.52 Å². The number of hydrogen-bond acceptors (Lipinski definition) is 5. The predicted molar refractivity (Wildman–Crippen MR) is 62.6 cm³/mol. The number of fused-ring (bicyclic) bond motifs is 1. The maximum atomic E-state index is 11.3. The number of anilines is 1. The number of rotatable bonds is 2. The normalized spacial score (nSPS) is 10.2. The average Bonchev–Trinajstić information content (AvgIpc) is 2.72. The molecule has 7 heteroatoms. The Balaban J connectivity index is 2.52. The lowest BCUT2D eigenvalue weighted by Crippen LogP contribution is -2.07. The Morgan fingerprint density at radius 1 is 1.47 bits per heavy atom. The second kappa shape index (κ2) is 4.38. The minimum absolute atomic E-state index is 0.196. The van der Waals surface area contributed by atoms with E-state index in [0.29, 0.717) is 11.2 Å². The van der Waals surface area contributed by atoms with Gasteiger partial charge in [0.05, 0.1) is 17.5 Å². The van der Waals surface area contributed by atoms with Gasteiger partial charge in [-0.1, -0.05) is 6.07 Å². The van der Waals surface area contributed by atoms with E-state index in [9.17, 15) is 9.59 Å². The van der Waals surface area contributed by atoms with Crippen molar-refractivity contribution in [2.45, 2.75) is 0 Å². The second-order valence-electron chi connectivity index (χ2n) is 3.09. The number of carbonyl (C=O) groups excluding carboxylic acids is 1. The highest BCUT2D eigenvalue weighted by Crippen LogP contribution is 2.28. The summed E-state index contributed by atoms with van der Waals surface area (Å²) in [5, 5.41) is 11.1. The molecule has 0 spiro atoms. The molecular weight excluding hydrogens is 244 g/mol. The quantitative estimate of drug-likeness (QED) is 0.799. The number of aromatic nitrogens is 1. The average molecular weight is 252 g/mol. The fourth-order valence-electron chi connectivity index (χ4n) is 1.34. The minimum Gasteiger partial charge on any atom is -0.465 e. The molecule has 1 aromatic heterocycles. The van der Waals surface area contributed by atoms with E-state index in [1.807, 2.05) is 0 Å². The van der Waals surface area contributed by atoms with Gasteiger partial charge in [0.15, 0.2) is 0 Å². The number of esters is 1. The van der Waals surface area contributed by atoms with E-state index < -0.39 is 12.1 Å². The molecule has 0 aliphatic carbocycles. The number of methoxy groups -OCH3 is 1. The van der Waals surface area contributed by atoms with Crippen LogP contribution in [0.1, 0.15) is 9.80 Å². The van der Waals surface area contributed by atoms with Gasteiger partial charge in [0, 0.05) is 0 Å². The number of carbonyl (C=O) groups is 2. The summed E-state index contributed by atoms with van der Waals surface area (Å²) in [5.74, 6) is -0.535. The molecule has 0 saturated carbocycles. The number of benzene rings is 1. The van der Waals surface area contributed by atoms with Crippen LogP contribution in [0.15, 0.2) is 18.2 Å². The van der Waals surface area contributed by atoms with Crippen LogP contribution in [-0.2, 0) is 4.74 Å². The van der Waals surface area contributed by atoms with Crippen molar-refractivity contribution in [2.24, 2.45) is 0 Å². The molecule has 0 fully saturated rings. The molecule has 0 radical (unpaired) electrons. The van der Waals surface area contributed by atoms with Crippen molar-refractivity contribution >= 4 is 39.3 Å². The van der Waals surface area contributed by atoms with Crippen molar-refractivity contribution in [3.8, 4) is 0 Å². The highest BCUT2D eigenvalue weighted by molar-refractivity contribution is 7.20. The van der Waals surface area contributed by atoms with Crippen LogP contribution in [0.2, 0.25) is 0 Å². The predicted octanol–water partition coefficient (Wildman–Crippen LogP) is 2.17. The van der Waals surface area contributed by atoms with Gasteiger partial charge < -0.3 is 9.84 Å². The summed E-state index contributed by atoms with van der Waals surface area (Å²) < 4.78 is 5.28.